The molecule has 0 aromatic heterocycles. The van der Waals surface area contributed by atoms with Crippen molar-refractivity contribution in [2.24, 2.45) is 0 Å². The molecule has 0 atom stereocenters. The highest BCUT2D eigenvalue weighted by Gasteiger charge is 2.09. The number of carbonyl (C=O) groups excluding carboxylic acids is 2. The molecule has 0 radical (unpaired) electrons. The van der Waals surface area contributed by atoms with E-state index in [4.69, 9.17) is 9.47 Å². The Balaban J connectivity index is 2.40. The van der Waals surface area contributed by atoms with Crippen LogP contribution in [0.2, 0.25) is 0 Å². The molecule has 0 aliphatic carbocycles. The fraction of sp³-hybridized carbons (Fsp3) is 0.500. The molecule has 22 heavy (non-hydrogen) atoms. The van der Waals surface area contributed by atoms with Crippen LogP contribution in [0.5, 0.6) is 5.75 Å². The highest BCUT2D eigenvalue weighted by molar-refractivity contribution is 5.73. The average Bonchev–Trinajstić information content (AvgIpc) is 2.51. The summed E-state index contributed by atoms with van der Waals surface area (Å²) < 4.78 is 9.88. The zero-order valence-corrected chi connectivity index (χ0v) is 13.4. The minimum atomic E-state index is -0.457. The van der Waals surface area contributed by atoms with Gasteiger partial charge in [-0.05, 0) is 31.0 Å². The Kier molecular flexibility index (Phi) is 7.81. The lowest BCUT2D eigenvalue weighted by Crippen LogP contribution is -2.38. The lowest BCUT2D eigenvalue weighted by Gasteiger charge is -2.21. The molecular weight excluding hydrogens is 284 g/mol. The summed E-state index contributed by atoms with van der Waals surface area (Å²) in [5.74, 6) is 0.796. The van der Waals surface area contributed by atoms with E-state index in [2.05, 4.69) is 5.32 Å². The monoisotopic (exact) mass is 308 g/mol. The highest BCUT2D eigenvalue weighted by atomic mass is 16.5. The Labute approximate surface area is 131 Å². The van der Waals surface area contributed by atoms with Crippen LogP contribution in [-0.4, -0.2) is 50.3 Å². The van der Waals surface area contributed by atoms with E-state index < -0.39 is 6.09 Å². The van der Waals surface area contributed by atoms with Gasteiger partial charge in [-0.2, -0.15) is 0 Å². The van der Waals surface area contributed by atoms with Gasteiger partial charge in [-0.3, -0.25) is 4.79 Å². The summed E-state index contributed by atoms with van der Waals surface area (Å²) in [4.78, 5) is 24.5. The van der Waals surface area contributed by atoms with E-state index in [1.54, 1.807) is 18.9 Å². The van der Waals surface area contributed by atoms with Crippen molar-refractivity contribution < 1.29 is 19.1 Å². The number of hydrogen-bond donors (Lipinski definition) is 1. The summed E-state index contributed by atoms with van der Waals surface area (Å²) in [5.41, 5.74) is 1.13. The molecule has 0 aliphatic heterocycles. The van der Waals surface area contributed by atoms with Gasteiger partial charge in [0.1, 0.15) is 5.75 Å². The van der Waals surface area contributed by atoms with Gasteiger partial charge >= 0.3 is 6.09 Å². The third-order valence-corrected chi connectivity index (χ3v) is 3.20. The van der Waals surface area contributed by atoms with Crippen LogP contribution in [0.1, 0.15) is 19.4 Å². The maximum Gasteiger partial charge on any atom is 0.407 e. The normalized spacial score (nSPS) is 9.95. The predicted molar refractivity (Wildman–Crippen MR) is 84.0 cm³/mol. The van der Waals surface area contributed by atoms with E-state index >= 15 is 0 Å². The molecule has 0 spiro atoms. The third-order valence-electron chi connectivity index (χ3n) is 3.20. The molecule has 1 aromatic rings. The number of benzene rings is 1. The summed E-state index contributed by atoms with van der Waals surface area (Å²) in [6.45, 7) is 5.05. The van der Waals surface area contributed by atoms with Crippen LogP contribution >= 0.6 is 0 Å². The van der Waals surface area contributed by atoms with Crippen LogP contribution in [0, 0.1) is 0 Å². The third kappa shape index (κ3) is 6.47. The molecule has 2 amide bonds. The molecule has 122 valence electrons. The van der Waals surface area contributed by atoms with Crippen molar-refractivity contribution in [2.75, 3.05) is 33.4 Å². The fourth-order valence-corrected chi connectivity index (χ4v) is 1.96. The maximum atomic E-state index is 11.6. The van der Waals surface area contributed by atoms with E-state index in [-0.39, 0.29) is 5.91 Å². The molecule has 0 aliphatic rings. The molecule has 0 heterocycles. The zero-order valence-electron chi connectivity index (χ0n) is 13.4. The Morgan fingerprint density at radius 3 is 2.41 bits per heavy atom. The summed E-state index contributed by atoms with van der Waals surface area (Å²) in [5, 5.41) is 2.61. The SMILES string of the molecule is CCOC(=O)NCCN(CCc1ccc(OC)cc1)C(C)=O. The van der Waals surface area contributed by atoms with Crippen molar-refractivity contribution in [3.05, 3.63) is 29.8 Å². The molecule has 6 heteroatoms. The van der Waals surface area contributed by atoms with Crippen molar-refractivity contribution in [2.45, 2.75) is 20.3 Å². The zero-order chi connectivity index (χ0) is 16.4. The Bertz CT molecular complexity index is 474. The second kappa shape index (κ2) is 9.65. The largest absolute Gasteiger partial charge is 0.497 e. The average molecular weight is 308 g/mol. The van der Waals surface area contributed by atoms with Gasteiger partial charge in [-0.15, -0.1) is 0 Å². The number of methoxy groups -OCH3 is 1. The first-order valence-corrected chi connectivity index (χ1v) is 7.36. The molecule has 0 bridgehead atoms. The minimum absolute atomic E-state index is 0.0147. The van der Waals surface area contributed by atoms with Crippen molar-refractivity contribution in [3.8, 4) is 5.75 Å². The topological polar surface area (TPSA) is 67.9 Å². The first kappa shape index (κ1) is 17.8. The second-order valence-corrected chi connectivity index (χ2v) is 4.75. The summed E-state index contributed by atoms with van der Waals surface area (Å²) in [7, 11) is 1.63. The minimum Gasteiger partial charge on any atom is -0.497 e. The van der Waals surface area contributed by atoms with E-state index in [1.165, 1.54) is 6.92 Å². The van der Waals surface area contributed by atoms with Crippen LogP contribution in [-0.2, 0) is 16.0 Å². The molecular formula is C16H24N2O4. The molecule has 1 N–H and O–H groups in total. The lowest BCUT2D eigenvalue weighted by atomic mass is 10.1. The van der Waals surface area contributed by atoms with Gasteiger partial charge in [0.2, 0.25) is 5.91 Å². The van der Waals surface area contributed by atoms with Gasteiger partial charge < -0.3 is 19.7 Å². The van der Waals surface area contributed by atoms with E-state index in [9.17, 15) is 9.59 Å². The first-order valence-electron chi connectivity index (χ1n) is 7.36. The predicted octanol–water partition coefficient (Wildman–Crippen LogP) is 1.83. The van der Waals surface area contributed by atoms with Crippen molar-refractivity contribution in [1.82, 2.24) is 10.2 Å². The molecule has 1 rings (SSSR count). The standard InChI is InChI=1S/C16H24N2O4/c1-4-22-16(20)17-10-12-18(13(2)19)11-9-14-5-7-15(21-3)8-6-14/h5-8H,4,9-12H2,1-3H3,(H,17,20). The number of ether oxygens (including phenoxy) is 2. The van der Waals surface area contributed by atoms with Crippen LogP contribution in [0.25, 0.3) is 0 Å². The van der Waals surface area contributed by atoms with Gasteiger partial charge in [0, 0.05) is 26.6 Å². The summed E-state index contributed by atoms with van der Waals surface area (Å²) in [6, 6.07) is 7.76. The molecule has 0 saturated carbocycles. The number of nitrogens with zero attached hydrogens (tertiary/aromatic N) is 1. The van der Waals surface area contributed by atoms with Gasteiger partial charge in [0.25, 0.3) is 0 Å². The Hall–Kier alpha value is -2.24. The van der Waals surface area contributed by atoms with Crippen LogP contribution in [0.15, 0.2) is 24.3 Å². The number of hydrogen-bond acceptors (Lipinski definition) is 4. The van der Waals surface area contributed by atoms with E-state index in [1.807, 2.05) is 24.3 Å². The highest BCUT2D eigenvalue weighted by Crippen LogP contribution is 2.12. The first-order chi connectivity index (χ1) is 10.6. The summed E-state index contributed by atoms with van der Waals surface area (Å²) >= 11 is 0. The van der Waals surface area contributed by atoms with Crippen LogP contribution in [0.4, 0.5) is 4.79 Å². The van der Waals surface area contributed by atoms with E-state index in [0.29, 0.717) is 26.2 Å². The van der Waals surface area contributed by atoms with Gasteiger partial charge in [-0.1, -0.05) is 12.1 Å². The second-order valence-electron chi connectivity index (χ2n) is 4.75. The molecule has 1 aromatic carbocycles. The van der Waals surface area contributed by atoms with Crippen molar-refractivity contribution in [3.63, 3.8) is 0 Å². The van der Waals surface area contributed by atoms with Gasteiger partial charge in [-0.25, -0.2) is 4.79 Å². The lowest BCUT2D eigenvalue weighted by molar-refractivity contribution is -0.128. The number of nitrogens with one attached hydrogen (secondary N) is 1. The van der Waals surface area contributed by atoms with Crippen molar-refractivity contribution in [1.29, 1.82) is 0 Å². The van der Waals surface area contributed by atoms with Gasteiger partial charge in [0.05, 0.1) is 13.7 Å². The van der Waals surface area contributed by atoms with Crippen LogP contribution < -0.4 is 10.1 Å². The van der Waals surface area contributed by atoms with Crippen LogP contribution in [0.3, 0.4) is 0 Å². The number of amides is 2. The Morgan fingerprint density at radius 2 is 1.86 bits per heavy atom. The summed E-state index contributed by atoms with van der Waals surface area (Å²) in [6.07, 6.45) is 0.296. The smallest absolute Gasteiger partial charge is 0.407 e. The fourth-order valence-electron chi connectivity index (χ4n) is 1.96. The quantitative estimate of drug-likeness (QED) is 0.795. The van der Waals surface area contributed by atoms with E-state index in [0.717, 1.165) is 17.7 Å². The number of carbonyl (C=O) groups is 2. The maximum absolute atomic E-state index is 11.6. The molecule has 0 fully saturated rings. The van der Waals surface area contributed by atoms with Gasteiger partial charge in [0.15, 0.2) is 0 Å². The van der Waals surface area contributed by atoms with Crippen molar-refractivity contribution >= 4 is 12.0 Å². The molecule has 0 unspecified atom stereocenters. The Morgan fingerprint density at radius 1 is 1.18 bits per heavy atom. The number of alkyl carbamates (subject to hydrolysis) is 1. The molecule has 0 saturated heterocycles. The molecule has 6 nitrogen and oxygen atoms in total. The number of rotatable bonds is 8.